The summed E-state index contributed by atoms with van der Waals surface area (Å²) in [5, 5.41) is 4.73. The molecule has 0 atom stereocenters. The molecule has 4 rings (SSSR count). The number of benzene rings is 2. The van der Waals surface area contributed by atoms with Gasteiger partial charge in [-0.25, -0.2) is 13.9 Å². The molecule has 0 amide bonds. The number of rotatable bonds is 5. The second-order valence-corrected chi connectivity index (χ2v) is 6.03. The first kappa shape index (κ1) is 17.2. The molecular formula is C21H18FN3O2. The number of nitrogens with zero attached hydrogens (tertiary/aromatic N) is 3. The van der Waals surface area contributed by atoms with Crippen LogP contribution >= 0.6 is 0 Å². The highest BCUT2D eigenvalue weighted by Crippen LogP contribution is 2.34. The maximum absolute atomic E-state index is 13.4. The normalized spacial score (nSPS) is 11.1. The number of para-hydroxylation sites is 1. The van der Waals surface area contributed by atoms with Gasteiger partial charge in [0.1, 0.15) is 11.6 Å². The number of halogens is 1. The number of aromatic nitrogens is 3. The van der Waals surface area contributed by atoms with E-state index in [1.165, 1.54) is 12.1 Å². The molecule has 0 saturated heterocycles. The van der Waals surface area contributed by atoms with Gasteiger partial charge in [0.2, 0.25) is 0 Å². The molecule has 6 heteroatoms. The van der Waals surface area contributed by atoms with Gasteiger partial charge in [0, 0.05) is 18.9 Å². The van der Waals surface area contributed by atoms with Gasteiger partial charge < -0.3 is 9.47 Å². The molecule has 4 aromatic rings. The molecule has 2 heterocycles. The van der Waals surface area contributed by atoms with E-state index in [2.05, 4.69) is 4.98 Å². The number of ether oxygens (including phenoxy) is 2. The lowest BCUT2D eigenvalue weighted by molar-refractivity contribution is 0.181. The molecule has 5 nitrogen and oxygen atoms in total. The van der Waals surface area contributed by atoms with E-state index in [1.807, 2.05) is 30.3 Å². The first-order valence-corrected chi connectivity index (χ1v) is 8.48. The number of hydrogen-bond donors (Lipinski definition) is 0. The van der Waals surface area contributed by atoms with Crippen LogP contribution < -0.4 is 4.74 Å². The van der Waals surface area contributed by atoms with Crippen molar-refractivity contribution < 1.29 is 13.9 Å². The largest absolute Gasteiger partial charge is 0.496 e. The van der Waals surface area contributed by atoms with E-state index in [0.29, 0.717) is 12.3 Å². The Balaban J connectivity index is 2.00. The van der Waals surface area contributed by atoms with Crippen LogP contribution in [0.5, 0.6) is 5.75 Å². The van der Waals surface area contributed by atoms with Crippen LogP contribution in [-0.2, 0) is 11.3 Å². The van der Waals surface area contributed by atoms with Crippen LogP contribution in [0.4, 0.5) is 4.39 Å². The maximum atomic E-state index is 13.4. The average Bonchev–Trinajstić information content (AvgIpc) is 3.07. The lowest BCUT2D eigenvalue weighted by Gasteiger charge is -2.09. The third-order valence-electron chi connectivity index (χ3n) is 4.39. The third-order valence-corrected chi connectivity index (χ3v) is 4.39. The van der Waals surface area contributed by atoms with Crippen molar-refractivity contribution in [2.75, 3.05) is 14.2 Å². The van der Waals surface area contributed by atoms with Crippen LogP contribution in [0.1, 0.15) is 5.69 Å². The number of fused-ring (bicyclic) bond motifs is 1. The second kappa shape index (κ2) is 7.17. The van der Waals surface area contributed by atoms with Crippen molar-refractivity contribution in [1.82, 2.24) is 14.6 Å². The van der Waals surface area contributed by atoms with Gasteiger partial charge in [-0.3, -0.25) is 0 Å². The Bertz CT molecular complexity index is 1090. The van der Waals surface area contributed by atoms with E-state index in [1.54, 1.807) is 37.1 Å². The van der Waals surface area contributed by atoms with Gasteiger partial charge in [0.15, 0.2) is 5.65 Å². The molecule has 2 aromatic heterocycles. The molecule has 0 spiro atoms. The van der Waals surface area contributed by atoms with E-state index >= 15 is 0 Å². The summed E-state index contributed by atoms with van der Waals surface area (Å²) in [6, 6.07) is 16.0. The van der Waals surface area contributed by atoms with Gasteiger partial charge >= 0.3 is 0 Å². The highest BCUT2D eigenvalue weighted by Gasteiger charge is 2.19. The minimum absolute atomic E-state index is 0.286. The van der Waals surface area contributed by atoms with Crippen LogP contribution in [0, 0.1) is 5.82 Å². The predicted octanol–water partition coefficient (Wildman–Crippen LogP) is 4.36. The lowest BCUT2D eigenvalue weighted by Crippen LogP contribution is -1.98. The van der Waals surface area contributed by atoms with E-state index < -0.39 is 0 Å². The summed E-state index contributed by atoms with van der Waals surface area (Å²) >= 11 is 0. The zero-order valence-electron chi connectivity index (χ0n) is 15.0. The summed E-state index contributed by atoms with van der Waals surface area (Å²) in [6.45, 7) is 0.321. The Morgan fingerprint density at radius 2 is 1.78 bits per heavy atom. The monoisotopic (exact) mass is 363 g/mol. The zero-order chi connectivity index (χ0) is 18.8. The van der Waals surface area contributed by atoms with Gasteiger partial charge in [0.25, 0.3) is 0 Å². The minimum atomic E-state index is -0.286. The number of hydrogen-bond acceptors (Lipinski definition) is 4. The summed E-state index contributed by atoms with van der Waals surface area (Å²) in [5.41, 5.74) is 4.83. The van der Waals surface area contributed by atoms with Gasteiger partial charge in [0.05, 0.1) is 30.7 Å². The Labute approximate surface area is 156 Å². The van der Waals surface area contributed by atoms with Gasteiger partial charge in [-0.15, -0.1) is 0 Å². The summed E-state index contributed by atoms with van der Waals surface area (Å²) in [4.78, 5) is 4.53. The fraction of sp³-hybridized carbons (Fsp3) is 0.143. The highest BCUT2D eigenvalue weighted by molar-refractivity contribution is 5.82. The molecule has 0 unspecified atom stereocenters. The minimum Gasteiger partial charge on any atom is -0.496 e. The molecule has 0 bridgehead atoms. The smallest absolute Gasteiger partial charge is 0.163 e. The molecule has 27 heavy (non-hydrogen) atoms. The van der Waals surface area contributed by atoms with Gasteiger partial charge in [-0.05, 0) is 35.9 Å². The first-order valence-electron chi connectivity index (χ1n) is 8.48. The van der Waals surface area contributed by atoms with Crippen molar-refractivity contribution >= 4 is 5.65 Å². The van der Waals surface area contributed by atoms with E-state index in [9.17, 15) is 4.39 Å². The predicted molar refractivity (Wildman–Crippen MR) is 101 cm³/mol. The van der Waals surface area contributed by atoms with Crippen molar-refractivity contribution in [3.63, 3.8) is 0 Å². The van der Waals surface area contributed by atoms with Gasteiger partial charge in [-0.1, -0.05) is 24.3 Å². The Hall–Kier alpha value is -3.25. The van der Waals surface area contributed by atoms with Crippen molar-refractivity contribution in [3.05, 3.63) is 72.3 Å². The second-order valence-electron chi connectivity index (χ2n) is 6.03. The quantitative estimate of drug-likeness (QED) is 0.529. The van der Waals surface area contributed by atoms with Crippen molar-refractivity contribution in [1.29, 1.82) is 0 Å². The fourth-order valence-corrected chi connectivity index (χ4v) is 3.20. The van der Waals surface area contributed by atoms with Gasteiger partial charge in [-0.2, -0.15) is 5.10 Å². The molecular weight excluding hydrogens is 345 g/mol. The van der Waals surface area contributed by atoms with Crippen LogP contribution in [0.15, 0.2) is 60.8 Å². The van der Waals surface area contributed by atoms with Crippen molar-refractivity contribution in [2.45, 2.75) is 6.61 Å². The lowest BCUT2D eigenvalue weighted by atomic mass is 10.1. The molecule has 0 radical (unpaired) electrons. The zero-order valence-corrected chi connectivity index (χ0v) is 15.0. The summed E-state index contributed by atoms with van der Waals surface area (Å²) in [5.74, 6) is 0.461. The Morgan fingerprint density at radius 3 is 2.52 bits per heavy atom. The molecule has 0 saturated carbocycles. The Kier molecular flexibility index (Phi) is 4.56. The fourth-order valence-electron chi connectivity index (χ4n) is 3.20. The summed E-state index contributed by atoms with van der Waals surface area (Å²) in [7, 11) is 3.26. The van der Waals surface area contributed by atoms with E-state index in [-0.39, 0.29) is 5.82 Å². The summed E-state index contributed by atoms with van der Waals surface area (Å²) in [6.07, 6.45) is 1.74. The molecule has 136 valence electrons. The molecule has 0 N–H and O–H groups in total. The van der Waals surface area contributed by atoms with Crippen molar-refractivity contribution in [3.8, 4) is 28.1 Å². The average molecular weight is 363 g/mol. The molecule has 2 aromatic carbocycles. The SMILES string of the molecule is COCc1nn2c(-c3ccccc3OC)ccnc2c1-c1ccc(F)cc1. The number of methoxy groups -OCH3 is 2. The third kappa shape index (κ3) is 3.04. The highest BCUT2D eigenvalue weighted by atomic mass is 19.1. The molecule has 0 aliphatic carbocycles. The summed E-state index contributed by atoms with van der Waals surface area (Å²) < 4.78 is 26.0. The molecule has 0 aliphatic rings. The van der Waals surface area contributed by atoms with E-state index in [0.717, 1.165) is 33.8 Å². The van der Waals surface area contributed by atoms with Crippen molar-refractivity contribution in [2.24, 2.45) is 0 Å². The standard InChI is InChI=1S/C21H18FN3O2/c1-26-13-17-20(14-7-9-15(22)10-8-14)21-23-12-11-18(25(21)24-17)16-5-3-4-6-19(16)27-2/h3-12H,13H2,1-2H3. The first-order chi connectivity index (χ1) is 13.2. The van der Waals surface area contributed by atoms with E-state index in [4.69, 9.17) is 14.6 Å². The van der Waals surface area contributed by atoms with Crippen LogP contribution in [0.2, 0.25) is 0 Å². The Morgan fingerprint density at radius 1 is 1.00 bits per heavy atom. The van der Waals surface area contributed by atoms with Crippen LogP contribution in [0.3, 0.4) is 0 Å². The maximum Gasteiger partial charge on any atom is 0.163 e. The molecule has 0 aliphatic heterocycles. The molecule has 0 fully saturated rings. The van der Waals surface area contributed by atoms with Crippen LogP contribution in [0.25, 0.3) is 28.0 Å². The topological polar surface area (TPSA) is 48.7 Å². The van der Waals surface area contributed by atoms with Crippen LogP contribution in [-0.4, -0.2) is 28.8 Å².